The fourth-order valence-electron chi connectivity index (χ4n) is 2.00. The van der Waals surface area contributed by atoms with Gasteiger partial charge in [0.05, 0.1) is 24.5 Å². The number of hydrogen-bond acceptors (Lipinski definition) is 4. The van der Waals surface area contributed by atoms with Gasteiger partial charge in [0.1, 0.15) is 5.75 Å². The summed E-state index contributed by atoms with van der Waals surface area (Å²) in [5.74, 6) is 0.497. The van der Waals surface area contributed by atoms with Crippen molar-refractivity contribution in [2.45, 2.75) is 13.5 Å². The molecule has 5 heteroatoms. The van der Waals surface area contributed by atoms with Crippen LogP contribution < -0.4 is 10.5 Å². The maximum Gasteiger partial charge on any atom is 0.254 e. The van der Waals surface area contributed by atoms with Crippen LogP contribution in [0.25, 0.3) is 0 Å². The van der Waals surface area contributed by atoms with Crippen molar-refractivity contribution in [2.24, 2.45) is 0 Å². The molecule has 1 amide bonds. The minimum atomic E-state index is -0.101. The van der Waals surface area contributed by atoms with Crippen molar-refractivity contribution in [3.05, 3.63) is 53.9 Å². The van der Waals surface area contributed by atoms with Crippen LogP contribution in [0.3, 0.4) is 0 Å². The molecule has 1 heterocycles. The van der Waals surface area contributed by atoms with Crippen molar-refractivity contribution in [3.8, 4) is 5.75 Å². The van der Waals surface area contributed by atoms with Crippen LogP contribution >= 0.6 is 0 Å². The number of amides is 1. The molecule has 1 aromatic heterocycles. The molecule has 0 bridgehead atoms. The lowest BCUT2D eigenvalue weighted by Crippen LogP contribution is -2.26. The van der Waals surface area contributed by atoms with E-state index in [2.05, 4.69) is 4.98 Å². The van der Waals surface area contributed by atoms with Gasteiger partial charge in [-0.3, -0.25) is 9.78 Å². The summed E-state index contributed by atoms with van der Waals surface area (Å²) >= 11 is 0. The summed E-state index contributed by atoms with van der Waals surface area (Å²) in [5.41, 5.74) is 7.73. The Kier molecular flexibility index (Phi) is 4.77. The number of hydrogen-bond donors (Lipinski definition) is 1. The monoisotopic (exact) mass is 285 g/mol. The minimum Gasteiger partial charge on any atom is -0.492 e. The molecule has 2 rings (SSSR count). The van der Waals surface area contributed by atoms with Gasteiger partial charge in [0, 0.05) is 18.8 Å². The second kappa shape index (κ2) is 6.74. The van der Waals surface area contributed by atoms with Crippen LogP contribution in [0.2, 0.25) is 0 Å². The molecule has 0 fully saturated rings. The molecule has 0 saturated heterocycles. The molecule has 0 atom stereocenters. The number of nitrogens with two attached hydrogens (primary N) is 1. The molecule has 0 aliphatic carbocycles. The smallest absolute Gasteiger partial charge is 0.254 e. The van der Waals surface area contributed by atoms with E-state index in [1.165, 1.54) is 0 Å². The van der Waals surface area contributed by atoms with E-state index in [0.29, 0.717) is 30.2 Å². The first kappa shape index (κ1) is 14.8. The van der Waals surface area contributed by atoms with E-state index in [-0.39, 0.29) is 5.91 Å². The molecule has 1 aromatic carbocycles. The molecule has 0 unspecified atom stereocenters. The number of carbonyl (C=O) groups excluding carboxylic acids is 1. The summed E-state index contributed by atoms with van der Waals surface area (Å²) in [7, 11) is 1.74. The van der Waals surface area contributed by atoms with E-state index in [9.17, 15) is 4.79 Å². The van der Waals surface area contributed by atoms with Crippen molar-refractivity contribution < 1.29 is 9.53 Å². The van der Waals surface area contributed by atoms with Gasteiger partial charge in [-0.1, -0.05) is 6.07 Å². The third kappa shape index (κ3) is 3.72. The molecule has 0 radical (unpaired) electrons. The number of aromatic nitrogens is 1. The van der Waals surface area contributed by atoms with Crippen LogP contribution in [0, 0.1) is 0 Å². The average molecular weight is 285 g/mol. The van der Waals surface area contributed by atoms with E-state index < -0.39 is 0 Å². The number of ether oxygens (including phenoxy) is 1. The van der Waals surface area contributed by atoms with E-state index in [0.717, 1.165) is 5.69 Å². The second-order valence-corrected chi connectivity index (χ2v) is 4.67. The molecule has 5 nitrogen and oxygen atoms in total. The molecule has 0 aliphatic rings. The first-order valence-electron chi connectivity index (χ1n) is 6.79. The van der Waals surface area contributed by atoms with Gasteiger partial charge in [0.15, 0.2) is 0 Å². The fourth-order valence-corrected chi connectivity index (χ4v) is 2.00. The van der Waals surface area contributed by atoms with Gasteiger partial charge in [-0.2, -0.15) is 0 Å². The summed E-state index contributed by atoms with van der Waals surface area (Å²) in [6.45, 7) is 2.88. The standard InChI is InChI=1S/C16H19N3O2/c1-3-21-15-8-7-12(10-14(15)17)16(20)19(2)11-13-6-4-5-9-18-13/h4-10H,3,11,17H2,1-2H3. The summed E-state index contributed by atoms with van der Waals surface area (Å²) in [6.07, 6.45) is 1.71. The quantitative estimate of drug-likeness (QED) is 0.856. The summed E-state index contributed by atoms with van der Waals surface area (Å²) in [6, 6.07) is 10.7. The van der Waals surface area contributed by atoms with Crippen molar-refractivity contribution >= 4 is 11.6 Å². The zero-order chi connectivity index (χ0) is 15.2. The zero-order valence-electron chi connectivity index (χ0n) is 12.2. The van der Waals surface area contributed by atoms with Crippen LogP contribution in [0.1, 0.15) is 23.0 Å². The normalized spacial score (nSPS) is 10.2. The van der Waals surface area contributed by atoms with Crippen molar-refractivity contribution in [1.29, 1.82) is 0 Å². The molecule has 2 aromatic rings. The molecular weight excluding hydrogens is 266 g/mol. The third-order valence-electron chi connectivity index (χ3n) is 3.03. The predicted octanol–water partition coefficient (Wildman–Crippen LogP) is 2.33. The molecule has 0 spiro atoms. The average Bonchev–Trinajstić information content (AvgIpc) is 2.49. The van der Waals surface area contributed by atoms with Crippen LogP contribution in [0.15, 0.2) is 42.6 Å². The highest BCUT2D eigenvalue weighted by molar-refractivity contribution is 5.95. The Morgan fingerprint density at radius 2 is 2.14 bits per heavy atom. The highest BCUT2D eigenvalue weighted by Crippen LogP contribution is 2.23. The maximum atomic E-state index is 12.4. The van der Waals surface area contributed by atoms with Crippen LogP contribution in [-0.4, -0.2) is 29.4 Å². The third-order valence-corrected chi connectivity index (χ3v) is 3.03. The molecule has 2 N–H and O–H groups in total. The Morgan fingerprint density at radius 3 is 2.76 bits per heavy atom. The summed E-state index contributed by atoms with van der Waals surface area (Å²) in [5, 5.41) is 0. The number of nitrogens with zero attached hydrogens (tertiary/aromatic N) is 2. The minimum absolute atomic E-state index is 0.101. The van der Waals surface area contributed by atoms with Crippen molar-refractivity contribution in [1.82, 2.24) is 9.88 Å². The van der Waals surface area contributed by atoms with E-state index >= 15 is 0 Å². The Balaban J connectivity index is 2.10. The molecule has 110 valence electrons. The van der Waals surface area contributed by atoms with E-state index in [4.69, 9.17) is 10.5 Å². The topological polar surface area (TPSA) is 68.5 Å². The van der Waals surface area contributed by atoms with Gasteiger partial charge in [-0.25, -0.2) is 0 Å². The predicted molar refractivity (Wildman–Crippen MR) is 82.1 cm³/mol. The van der Waals surface area contributed by atoms with E-state index in [1.807, 2.05) is 25.1 Å². The number of pyridine rings is 1. The molecule has 0 aliphatic heterocycles. The first-order chi connectivity index (χ1) is 10.1. The Hall–Kier alpha value is -2.56. The SMILES string of the molecule is CCOc1ccc(C(=O)N(C)Cc2ccccn2)cc1N. The Morgan fingerprint density at radius 1 is 1.33 bits per heavy atom. The van der Waals surface area contributed by atoms with Crippen molar-refractivity contribution in [2.75, 3.05) is 19.4 Å². The fraction of sp³-hybridized carbons (Fsp3) is 0.250. The lowest BCUT2D eigenvalue weighted by Gasteiger charge is -2.17. The molecular formula is C16H19N3O2. The van der Waals surface area contributed by atoms with Gasteiger partial charge in [-0.15, -0.1) is 0 Å². The second-order valence-electron chi connectivity index (χ2n) is 4.67. The summed E-state index contributed by atoms with van der Waals surface area (Å²) < 4.78 is 5.37. The summed E-state index contributed by atoms with van der Waals surface area (Å²) in [4.78, 5) is 18.2. The largest absolute Gasteiger partial charge is 0.492 e. The van der Waals surface area contributed by atoms with Gasteiger partial charge in [0.2, 0.25) is 0 Å². The highest BCUT2D eigenvalue weighted by Gasteiger charge is 2.14. The number of rotatable bonds is 5. The first-order valence-corrected chi connectivity index (χ1v) is 6.79. The van der Waals surface area contributed by atoms with Crippen molar-refractivity contribution in [3.63, 3.8) is 0 Å². The Bertz CT molecular complexity index is 614. The van der Waals surface area contributed by atoms with E-state index in [1.54, 1.807) is 36.3 Å². The van der Waals surface area contributed by atoms with Gasteiger partial charge in [-0.05, 0) is 37.3 Å². The number of carbonyl (C=O) groups is 1. The molecule has 0 saturated carbocycles. The van der Waals surface area contributed by atoms with Gasteiger partial charge < -0.3 is 15.4 Å². The highest BCUT2D eigenvalue weighted by atomic mass is 16.5. The van der Waals surface area contributed by atoms with Crippen LogP contribution in [0.5, 0.6) is 5.75 Å². The maximum absolute atomic E-state index is 12.4. The van der Waals surface area contributed by atoms with Gasteiger partial charge >= 0.3 is 0 Å². The zero-order valence-corrected chi connectivity index (χ0v) is 12.2. The number of benzene rings is 1. The molecule has 21 heavy (non-hydrogen) atoms. The van der Waals surface area contributed by atoms with Crippen LogP contribution in [0.4, 0.5) is 5.69 Å². The number of anilines is 1. The lowest BCUT2D eigenvalue weighted by molar-refractivity contribution is 0.0783. The van der Waals surface area contributed by atoms with Crippen LogP contribution in [-0.2, 0) is 6.54 Å². The lowest BCUT2D eigenvalue weighted by atomic mass is 10.1. The van der Waals surface area contributed by atoms with Gasteiger partial charge in [0.25, 0.3) is 5.91 Å². The Labute approximate surface area is 124 Å². The number of nitrogen functional groups attached to an aromatic ring is 1.